The summed E-state index contributed by atoms with van der Waals surface area (Å²) in [6.07, 6.45) is 1.71. The number of sulfone groups is 1. The normalized spacial score (nSPS) is 16.3. The molecular weight excluding hydrogens is 537 g/mol. The lowest BCUT2D eigenvalue weighted by Crippen LogP contribution is -2.41. The highest BCUT2D eigenvalue weighted by Gasteiger charge is 2.42. The van der Waals surface area contributed by atoms with Gasteiger partial charge in [0.05, 0.1) is 27.5 Å². The zero-order chi connectivity index (χ0) is 25.4. The highest BCUT2D eigenvalue weighted by atomic mass is 32.2. The minimum Gasteiger partial charge on any atom is -0.463 e. The van der Waals surface area contributed by atoms with Crippen molar-refractivity contribution in [2.24, 2.45) is 5.73 Å². The van der Waals surface area contributed by atoms with E-state index in [4.69, 9.17) is 10.5 Å². The first-order valence-electron chi connectivity index (χ1n) is 10.9. The Labute approximate surface area is 218 Å². The van der Waals surface area contributed by atoms with Crippen LogP contribution in [0.15, 0.2) is 80.0 Å². The van der Waals surface area contributed by atoms with Crippen LogP contribution in [0.2, 0.25) is 0 Å². The van der Waals surface area contributed by atoms with Crippen LogP contribution >= 0.6 is 34.0 Å². The molecule has 0 spiro atoms. The topological polar surface area (TPSA) is 108 Å². The molecule has 184 valence electrons. The van der Waals surface area contributed by atoms with Crippen LogP contribution in [0, 0.1) is 0 Å². The standard InChI is InChI=1S/C25H20N2O5S4/c1-2-32-25(29)20-19(17-11-7-13-34-17)21(36(30,31)16-9-4-3-5-10-16)22(26)27-23(28)18(35-24(20)27)14-15-8-6-12-33-15/h3-14,19H,2,26H2,1H3/b18-14-. The number of fused-ring (bicyclic) bond motifs is 1. The predicted octanol–water partition coefficient (Wildman–Crippen LogP) is 2.93. The maximum absolute atomic E-state index is 14.0. The predicted molar refractivity (Wildman–Crippen MR) is 144 cm³/mol. The maximum Gasteiger partial charge on any atom is 0.338 e. The zero-order valence-electron chi connectivity index (χ0n) is 18.9. The number of aromatic nitrogens is 1. The second-order valence-corrected chi connectivity index (χ2v) is 12.6. The SMILES string of the molecule is CCOC(=O)C1=c2s/c(=C\c3cccs3)c(=O)n2C(N)=C(S(=O)(=O)c2ccccc2)C1c1cccs1. The lowest BCUT2D eigenvalue weighted by atomic mass is 9.95. The Bertz CT molecular complexity index is 1750. The zero-order valence-corrected chi connectivity index (χ0v) is 22.2. The van der Waals surface area contributed by atoms with E-state index >= 15 is 0 Å². The van der Waals surface area contributed by atoms with Gasteiger partial charge in [0.25, 0.3) is 5.56 Å². The van der Waals surface area contributed by atoms with E-state index in [0.717, 1.165) is 20.8 Å². The summed E-state index contributed by atoms with van der Waals surface area (Å²) >= 11 is 3.85. The van der Waals surface area contributed by atoms with E-state index in [-0.39, 0.29) is 32.5 Å². The van der Waals surface area contributed by atoms with E-state index in [1.165, 1.54) is 34.8 Å². The van der Waals surface area contributed by atoms with Gasteiger partial charge in [-0.25, -0.2) is 13.2 Å². The van der Waals surface area contributed by atoms with Gasteiger partial charge in [-0.1, -0.05) is 30.3 Å². The molecule has 3 aromatic heterocycles. The molecule has 1 aliphatic heterocycles. The number of ether oxygens (including phenoxy) is 1. The number of carbonyl (C=O) groups is 1. The first kappa shape index (κ1) is 24.4. The highest BCUT2D eigenvalue weighted by Crippen LogP contribution is 2.43. The lowest BCUT2D eigenvalue weighted by Gasteiger charge is -2.27. The first-order valence-corrected chi connectivity index (χ1v) is 14.9. The van der Waals surface area contributed by atoms with Crippen LogP contribution in [0.1, 0.15) is 22.6 Å². The Kier molecular flexibility index (Phi) is 6.56. The Balaban J connectivity index is 1.92. The van der Waals surface area contributed by atoms with Crippen molar-refractivity contribution in [3.63, 3.8) is 0 Å². The second kappa shape index (κ2) is 9.66. The summed E-state index contributed by atoms with van der Waals surface area (Å²) in [5.74, 6) is -1.93. The summed E-state index contributed by atoms with van der Waals surface area (Å²) in [5, 5.41) is 3.69. The molecule has 0 radical (unpaired) electrons. The third-order valence-corrected chi connectivity index (χ3v) is 10.4. The monoisotopic (exact) mass is 556 g/mol. The largest absolute Gasteiger partial charge is 0.463 e. The van der Waals surface area contributed by atoms with Crippen molar-refractivity contribution in [3.8, 4) is 0 Å². The molecule has 1 aliphatic rings. The quantitative estimate of drug-likeness (QED) is 0.366. The second-order valence-electron chi connectivity index (χ2n) is 7.72. The Hall–Kier alpha value is -3.25. The van der Waals surface area contributed by atoms with E-state index < -0.39 is 27.3 Å². The van der Waals surface area contributed by atoms with E-state index in [0.29, 0.717) is 9.41 Å². The van der Waals surface area contributed by atoms with Gasteiger partial charge in [-0.05, 0) is 48.0 Å². The van der Waals surface area contributed by atoms with Gasteiger partial charge in [0.1, 0.15) is 15.4 Å². The number of hydrogen-bond donors (Lipinski definition) is 1. The van der Waals surface area contributed by atoms with Crippen LogP contribution < -0.4 is 20.5 Å². The van der Waals surface area contributed by atoms with Crippen molar-refractivity contribution in [1.82, 2.24) is 4.57 Å². The van der Waals surface area contributed by atoms with E-state index in [1.54, 1.807) is 48.7 Å². The molecule has 36 heavy (non-hydrogen) atoms. The number of benzene rings is 1. The van der Waals surface area contributed by atoms with Gasteiger partial charge in [0.2, 0.25) is 9.84 Å². The van der Waals surface area contributed by atoms with Crippen LogP contribution in [0.4, 0.5) is 0 Å². The Morgan fingerprint density at radius 3 is 2.44 bits per heavy atom. The van der Waals surface area contributed by atoms with E-state index in [1.807, 2.05) is 17.5 Å². The number of thiophene rings is 2. The number of carbonyl (C=O) groups excluding carboxylic acids is 1. The fraction of sp³-hybridized carbons (Fsp3) is 0.120. The molecule has 0 fully saturated rings. The molecule has 4 heterocycles. The van der Waals surface area contributed by atoms with Crippen LogP contribution in [0.3, 0.4) is 0 Å². The number of thiazole rings is 1. The van der Waals surface area contributed by atoms with Crippen LogP contribution in [0.5, 0.6) is 0 Å². The number of rotatable bonds is 6. The Morgan fingerprint density at radius 1 is 1.08 bits per heavy atom. The minimum absolute atomic E-state index is 0.0183. The minimum atomic E-state index is -4.20. The van der Waals surface area contributed by atoms with Gasteiger partial charge in [0.15, 0.2) is 0 Å². The molecule has 2 N–H and O–H groups in total. The van der Waals surface area contributed by atoms with Gasteiger partial charge in [-0.3, -0.25) is 9.36 Å². The number of allylic oxidation sites excluding steroid dienone is 1. The van der Waals surface area contributed by atoms with Gasteiger partial charge in [-0.15, -0.1) is 34.0 Å². The molecule has 0 saturated carbocycles. The van der Waals surface area contributed by atoms with Crippen LogP contribution in [0.25, 0.3) is 17.5 Å². The van der Waals surface area contributed by atoms with E-state index in [9.17, 15) is 18.0 Å². The summed E-state index contributed by atoms with van der Waals surface area (Å²) in [4.78, 5) is 28.2. The molecule has 1 atom stereocenters. The third kappa shape index (κ3) is 4.07. The fourth-order valence-electron chi connectivity index (χ4n) is 4.06. The summed E-state index contributed by atoms with van der Waals surface area (Å²) in [6, 6.07) is 15.1. The van der Waals surface area contributed by atoms with Crippen LogP contribution in [-0.4, -0.2) is 25.6 Å². The third-order valence-electron chi connectivity index (χ3n) is 5.58. The molecule has 0 bridgehead atoms. The molecule has 0 saturated heterocycles. The molecule has 7 nitrogen and oxygen atoms in total. The summed E-state index contributed by atoms with van der Waals surface area (Å²) in [6.45, 7) is 1.76. The lowest BCUT2D eigenvalue weighted by molar-refractivity contribution is -0.136. The molecule has 4 aromatic rings. The number of nitrogens with two attached hydrogens (primary N) is 1. The first-order chi connectivity index (χ1) is 17.3. The molecule has 0 aliphatic carbocycles. The summed E-state index contributed by atoms with van der Waals surface area (Å²) in [5.41, 5.74) is 6.12. The smallest absolute Gasteiger partial charge is 0.338 e. The molecule has 11 heteroatoms. The molecule has 1 unspecified atom stereocenters. The summed E-state index contributed by atoms with van der Waals surface area (Å²) < 4.78 is 35.1. The van der Waals surface area contributed by atoms with Crippen molar-refractivity contribution in [2.75, 3.05) is 6.61 Å². The molecule has 1 aromatic carbocycles. The van der Waals surface area contributed by atoms with Crippen molar-refractivity contribution >= 4 is 67.3 Å². The number of nitrogens with zero attached hydrogens (tertiary/aromatic N) is 1. The highest BCUT2D eigenvalue weighted by molar-refractivity contribution is 7.95. The fourth-order valence-corrected chi connectivity index (χ4v) is 8.55. The molecule has 5 rings (SSSR count). The molecular formula is C25H20N2O5S4. The van der Waals surface area contributed by atoms with Crippen LogP contribution in [-0.2, 0) is 19.4 Å². The van der Waals surface area contributed by atoms with Gasteiger partial charge in [0, 0.05) is 9.75 Å². The average Bonchev–Trinajstić information content (AvgIpc) is 3.63. The van der Waals surface area contributed by atoms with Gasteiger partial charge in [-0.2, -0.15) is 0 Å². The average molecular weight is 557 g/mol. The van der Waals surface area contributed by atoms with Crippen molar-refractivity contribution in [1.29, 1.82) is 0 Å². The van der Waals surface area contributed by atoms with Crippen molar-refractivity contribution in [2.45, 2.75) is 17.7 Å². The van der Waals surface area contributed by atoms with Gasteiger partial charge < -0.3 is 10.5 Å². The van der Waals surface area contributed by atoms with Gasteiger partial charge >= 0.3 is 5.97 Å². The van der Waals surface area contributed by atoms with Crippen molar-refractivity contribution < 1.29 is 17.9 Å². The van der Waals surface area contributed by atoms with Crippen molar-refractivity contribution in [3.05, 3.63) is 99.6 Å². The number of esters is 1. The van der Waals surface area contributed by atoms with E-state index in [2.05, 4.69) is 0 Å². The molecule has 0 amide bonds. The Morgan fingerprint density at radius 2 is 1.81 bits per heavy atom. The number of hydrogen-bond acceptors (Lipinski definition) is 9. The maximum atomic E-state index is 14.0. The summed E-state index contributed by atoms with van der Waals surface area (Å²) in [7, 11) is -4.20.